The number of likely N-dealkylation sites (N-methyl/N-ethyl adjacent to an activating group) is 1. The maximum absolute atomic E-state index is 3.56. The lowest BCUT2D eigenvalue weighted by Gasteiger charge is -2.23. The molecule has 0 bridgehead atoms. The Morgan fingerprint density at radius 3 is 2.83 bits per heavy atom. The molecule has 1 fully saturated rings. The van der Waals surface area contributed by atoms with E-state index in [1.54, 1.807) is 0 Å². The first-order chi connectivity index (χ1) is 8.72. The molecule has 1 aromatic carbocycles. The average molecular weight is 310 g/mol. The Hall–Kier alpha value is -0.340. The van der Waals surface area contributed by atoms with Crippen LogP contribution in [0.5, 0.6) is 0 Å². The second kappa shape index (κ2) is 6.72. The van der Waals surface area contributed by atoms with Crippen molar-refractivity contribution in [2.75, 3.05) is 7.05 Å². The molecule has 0 aliphatic heterocycles. The second-order valence-electron chi connectivity index (χ2n) is 5.58. The summed E-state index contributed by atoms with van der Waals surface area (Å²) in [6.07, 6.45) is 6.74. The smallest absolute Gasteiger partial charge is 0.0178 e. The van der Waals surface area contributed by atoms with Crippen molar-refractivity contribution in [1.29, 1.82) is 0 Å². The summed E-state index contributed by atoms with van der Waals surface area (Å²) in [7, 11) is 2.11. The van der Waals surface area contributed by atoms with E-state index in [1.807, 2.05) is 0 Å². The van der Waals surface area contributed by atoms with Crippen LogP contribution < -0.4 is 5.32 Å². The number of benzene rings is 1. The van der Waals surface area contributed by atoms with Gasteiger partial charge in [-0.05, 0) is 55.8 Å². The van der Waals surface area contributed by atoms with Gasteiger partial charge < -0.3 is 5.32 Å². The molecule has 2 rings (SSSR count). The Labute approximate surface area is 119 Å². The lowest BCUT2D eigenvalue weighted by molar-refractivity contribution is 0.361. The van der Waals surface area contributed by atoms with Gasteiger partial charge in [0.15, 0.2) is 0 Å². The predicted molar refractivity (Wildman–Crippen MR) is 81.8 cm³/mol. The molecule has 3 atom stereocenters. The zero-order valence-electron chi connectivity index (χ0n) is 11.5. The monoisotopic (exact) mass is 309 g/mol. The minimum atomic E-state index is 0.635. The highest BCUT2D eigenvalue weighted by atomic mass is 79.9. The summed E-state index contributed by atoms with van der Waals surface area (Å²) in [5.41, 5.74) is 1.43. The SMILES string of the molecule is CCC1CCC(C(Cc2cccc(Br)c2)NC)C1. The van der Waals surface area contributed by atoms with Crippen LogP contribution in [-0.4, -0.2) is 13.1 Å². The molecule has 100 valence electrons. The normalized spacial score (nSPS) is 25.3. The number of hydrogen-bond donors (Lipinski definition) is 1. The van der Waals surface area contributed by atoms with Crippen LogP contribution in [0.1, 0.15) is 38.2 Å². The van der Waals surface area contributed by atoms with E-state index in [9.17, 15) is 0 Å². The minimum absolute atomic E-state index is 0.635. The van der Waals surface area contributed by atoms with Crippen molar-refractivity contribution in [2.24, 2.45) is 11.8 Å². The third kappa shape index (κ3) is 3.58. The molecule has 0 saturated heterocycles. The van der Waals surface area contributed by atoms with E-state index >= 15 is 0 Å². The van der Waals surface area contributed by atoms with Crippen LogP contribution in [0.4, 0.5) is 0 Å². The van der Waals surface area contributed by atoms with Gasteiger partial charge in [-0.1, -0.05) is 47.8 Å². The highest BCUT2D eigenvalue weighted by molar-refractivity contribution is 9.10. The lowest BCUT2D eigenvalue weighted by atomic mass is 9.91. The van der Waals surface area contributed by atoms with Crippen LogP contribution in [0.15, 0.2) is 28.7 Å². The van der Waals surface area contributed by atoms with Crippen LogP contribution in [0, 0.1) is 11.8 Å². The summed E-state index contributed by atoms with van der Waals surface area (Å²) in [6.45, 7) is 2.33. The fourth-order valence-corrected chi connectivity index (χ4v) is 3.72. The molecule has 1 saturated carbocycles. The molecule has 0 radical (unpaired) electrons. The van der Waals surface area contributed by atoms with Gasteiger partial charge in [0, 0.05) is 10.5 Å². The van der Waals surface area contributed by atoms with E-state index in [1.165, 1.54) is 35.7 Å². The van der Waals surface area contributed by atoms with Crippen molar-refractivity contribution >= 4 is 15.9 Å². The summed E-state index contributed by atoms with van der Waals surface area (Å²) in [4.78, 5) is 0. The second-order valence-corrected chi connectivity index (χ2v) is 6.49. The van der Waals surface area contributed by atoms with E-state index in [4.69, 9.17) is 0 Å². The molecule has 1 aromatic rings. The summed E-state index contributed by atoms with van der Waals surface area (Å²) in [5.74, 6) is 1.83. The Morgan fingerprint density at radius 1 is 1.39 bits per heavy atom. The van der Waals surface area contributed by atoms with Gasteiger partial charge in [0.05, 0.1) is 0 Å². The highest BCUT2D eigenvalue weighted by Crippen LogP contribution is 2.35. The van der Waals surface area contributed by atoms with Crippen LogP contribution in [-0.2, 0) is 6.42 Å². The van der Waals surface area contributed by atoms with E-state index in [0.29, 0.717) is 6.04 Å². The quantitative estimate of drug-likeness (QED) is 0.849. The fourth-order valence-electron chi connectivity index (χ4n) is 3.27. The van der Waals surface area contributed by atoms with Crippen molar-refractivity contribution < 1.29 is 0 Å². The van der Waals surface area contributed by atoms with Gasteiger partial charge in [-0.2, -0.15) is 0 Å². The van der Waals surface area contributed by atoms with Crippen LogP contribution >= 0.6 is 15.9 Å². The van der Waals surface area contributed by atoms with Crippen molar-refractivity contribution in [2.45, 2.75) is 45.1 Å². The Balaban J connectivity index is 1.97. The number of rotatable bonds is 5. The summed E-state index contributed by atoms with van der Waals surface area (Å²) < 4.78 is 1.19. The predicted octanol–water partition coefficient (Wildman–Crippen LogP) is 4.41. The lowest BCUT2D eigenvalue weighted by Crippen LogP contribution is -2.34. The molecule has 18 heavy (non-hydrogen) atoms. The molecule has 0 spiro atoms. The van der Waals surface area contributed by atoms with E-state index < -0.39 is 0 Å². The standard InChI is InChI=1S/C16H24BrN/c1-3-12-7-8-14(9-12)16(18-2)11-13-5-4-6-15(17)10-13/h4-6,10,12,14,16,18H,3,7-9,11H2,1-2H3. The molecule has 0 aromatic heterocycles. The van der Waals surface area contributed by atoms with Crippen molar-refractivity contribution in [3.05, 3.63) is 34.3 Å². The molecule has 1 nitrogen and oxygen atoms in total. The molecule has 0 heterocycles. The zero-order valence-corrected chi connectivity index (χ0v) is 13.0. The zero-order chi connectivity index (χ0) is 13.0. The van der Waals surface area contributed by atoms with Gasteiger partial charge >= 0.3 is 0 Å². The van der Waals surface area contributed by atoms with Gasteiger partial charge in [-0.25, -0.2) is 0 Å². The van der Waals surface area contributed by atoms with Gasteiger partial charge in [0.1, 0.15) is 0 Å². The number of halogens is 1. The van der Waals surface area contributed by atoms with Crippen molar-refractivity contribution in [1.82, 2.24) is 5.32 Å². The number of hydrogen-bond acceptors (Lipinski definition) is 1. The third-order valence-electron chi connectivity index (χ3n) is 4.44. The molecule has 1 aliphatic rings. The third-order valence-corrected chi connectivity index (χ3v) is 4.94. The van der Waals surface area contributed by atoms with E-state index in [2.05, 4.69) is 59.5 Å². The summed E-state index contributed by atoms with van der Waals surface area (Å²) in [5, 5.41) is 3.54. The maximum Gasteiger partial charge on any atom is 0.0178 e. The maximum atomic E-state index is 3.56. The average Bonchev–Trinajstić information content (AvgIpc) is 2.84. The fraction of sp³-hybridized carbons (Fsp3) is 0.625. The minimum Gasteiger partial charge on any atom is -0.316 e. The van der Waals surface area contributed by atoms with Gasteiger partial charge in [0.2, 0.25) is 0 Å². The van der Waals surface area contributed by atoms with Crippen molar-refractivity contribution in [3.8, 4) is 0 Å². The Bertz CT molecular complexity index is 377. The molecule has 0 amide bonds. The van der Waals surface area contributed by atoms with E-state index in [0.717, 1.165) is 18.3 Å². The first kappa shape index (κ1) is 14.1. The molecule has 1 N–H and O–H groups in total. The highest BCUT2D eigenvalue weighted by Gasteiger charge is 2.29. The first-order valence-electron chi connectivity index (χ1n) is 7.14. The molecular formula is C16H24BrN. The molecule has 3 unspecified atom stereocenters. The van der Waals surface area contributed by atoms with Gasteiger partial charge in [-0.3, -0.25) is 0 Å². The van der Waals surface area contributed by atoms with Gasteiger partial charge in [0.25, 0.3) is 0 Å². The van der Waals surface area contributed by atoms with Crippen LogP contribution in [0.2, 0.25) is 0 Å². The van der Waals surface area contributed by atoms with Gasteiger partial charge in [-0.15, -0.1) is 0 Å². The largest absolute Gasteiger partial charge is 0.316 e. The summed E-state index contributed by atoms with van der Waals surface area (Å²) in [6, 6.07) is 9.35. The molecule has 2 heteroatoms. The summed E-state index contributed by atoms with van der Waals surface area (Å²) >= 11 is 3.56. The first-order valence-corrected chi connectivity index (χ1v) is 7.94. The Morgan fingerprint density at radius 2 is 2.22 bits per heavy atom. The van der Waals surface area contributed by atoms with E-state index in [-0.39, 0.29) is 0 Å². The molecule has 1 aliphatic carbocycles. The topological polar surface area (TPSA) is 12.0 Å². The van der Waals surface area contributed by atoms with Crippen LogP contribution in [0.3, 0.4) is 0 Å². The number of nitrogens with one attached hydrogen (secondary N) is 1. The van der Waals surface area contributed by atoms with Crippen LogP contribution in [0.25, 0.3) is 0 Å². The Kier molecular flexibility index (Phi) is 5.25. The van der Waals surface area contributed by atoms with Crippen molar-refractivity contribution in [3.63, 3.8) is 0 Å². The molecular weight excluding hydrogens is 286 g/mol.